The van der Waals surface area contributed by atoms with Crippen LogP contribution in [0.3, 0.4) is 0 Å². The maximum atomic E-state index is 2.86. The Hall–Kier alpha value is -0.0400. The van der Waals surface area contributed by atoms with Crippen molar-refractivity contribution in [1.82, 2.24) is 4.90 Å². The second-order valence-electron chi connectivity index (χ2n) is 9.21. The molecule has 0 rings (SSSR count). The van der Waals surface area contributed by atoms with Gasteiger partial charge in [-0.25, -0.2) is 0 Å². The lowest BCUT2D eigenvalue weighted by Crippen LogP contribution is -2.38. The summed E-state index contributed by atoms with van der Waals surface area (Å²) in [6.07, 6.45) is 19.7. The largest absolute Gasteiger partial charge is 0.300 e. The fourth-order valence-corrected chi connectivity index (χ4v) is 4.01. The molecule has 0 saturated heterocycles. The zero-order valence-corrected chi connectivity index (χ0v) is 19.5. The van der Waals surface area contributed by atoms with Gasteiger partial charge in [-0.15, -0.1) is 0 Å². The fraction of sp³-hybridized carbons (Fsp3) is 1.00. The van der Waals surface area contributed by atoms with E-state index in [0.29, 0.717) is 0 Å². The monoisotopic (exact) mass is 367 g/mol. The first-order valence-electron chi connectivity index (χ1n) is 12.3. The lowest BCUT2D eigenvalue weighted by atomic mass is 9.97. The molecular weight excluding hydrogens is 314 g/mol. The highest BCUT2D eigenvalue weighted by Crippen LogP contribution is 2.19. The van der Waals surface area contributed by atoms with E-state index in [9.17, 15) is 0 Å². The van der Waals surface area contributed by atoms with Gasteiger partial charge in [-0.2, -0.15) is 0 Å². The average Bonchev–Trinajstić information content (AvgIpc) is 2.62. The van der Waals surface area contributed by atoms with Crippen molar-refractivity contribution in [3.63, 3.8) is 0 Å². The molecule has 0 heterocycles. The van der Waals surface area contributed by atoms with Gasteiger partial charge in [-0.3, -0.25) is 0 Å². The molecule has 2 atom stereocenters. The predicted octanol–water partition coefficient (Wildman–Crippen LogP) is 8.47. The van der Waals surface area contributed by atoms with Gasteiger partial charge in [-0.1, -0.05) is 105 Å². The van der Waals surface area contributed by atoms with Gasteiger partial charge in [0.05, 0.1) is 0 Å². The smallest absolute Gasteiger partial charge is 0.00670 e. The molecule has 0 radical (unpaired) electrons. The molecule has 0 aliphatic rings. The minimum absolute atomic E-state index is 0.776. The topological polar surface area (TPSA) is 3.24 Å². The molecule has 0 spiro atoms. The molecule has 2 unspecified atom stereocenters. The van der Waals surface area contributed by atoms with Crippen LogP contribution in [0, 0.1) is 11.8 Å². The summed E-state index contributed by atoms with van der Waals surface area (Å²) in [5.41, 5.74) is 0. The Bertz CT molecular complexity index is 273. The highest BCUT2D eigenvalue weighted by Gasteiger charge is 2.17. The summed E-state index contributed by atoms with van der Waals surface area (Å²) in [7, 11) is 0. The molecule has 0 aliphatic heterocycles. The van der Waals surface area contributed by atoms with Gasteiger partial charge in [0, 0.05) is 12.6 Å². The first-order valence-corrected chi connectivity index (χ1v) is 12.3. The second-order valence-corrected chi connectivity index (χ2v) is 9.21. The normalized spacial score (nSPS) is 14.3. The number of hydrogen-bond acceptors (Lipinski definition) is 1. The number of rotatable bonds is 19. The van der Waals surface area contributed by atoms with Crippen LogP contribution in [0.5, 0.6) is 0 Å². The van der Waals surface area contributed by atoms with Crippen molar-refractivity contribution in [3.05, 3.63) is 0 Å². The summed E-state index contributed by atoms with van der Waals surface area (Å²) in [4.78, 5) is 2.86. The minimum Gasteiger partial charge on any atom is -0.300 e. The van der Waals surface area contributed by atoms with Gasteiger partial charge in [0.25, 0.3) is 0 Å². The maximum Gasteiger partial charge on any atom is 0.00670 e. The molecule has 26 heavy (non-hydrogen) atoms. The molecular formula is C25H53N. The van der Waals surface area contributed by atoms with Crippen LogP contribution in [0.4, 0.5) is 0 Å². The fourth-order valence-electron chi connectivity index (χ4n) is 4.01. The maximum absolute atomic E-state index is 2.86. The van der Waals surface area contributed by atoms with E-state index in [2.05, 4.69) is 46.4 Å². The molecule has 0 saturated carbocycles. The van der Waals surface area contributed by atoms with Crippen LogP contribution in [-0.2, 0) is 0 Å². The predicted molar refractivity (Wildman–Crippen MR) is 121 cm³/mol. The van der Waals surface area contributed by atoms with E-state index < -0.39 is 0 Å². The van der Waals surface area contributed by atoms with E-state index >= 15 is 0 Å². The average molecular weight is 368 g/mol. The first-order chi connectivity index (χ1) is 12.5. The van der Waals surface area contributed by atoms with Crippen LogP contribution in [0.1, 0.15) is 131 Å². The van der Waals surface area contributed by atoms with E-state index in [-0.39, 0.29) is 0 Å². The number of unbranched alkanes of at least 4 members (excludes halogenated alkanes) is 7. The molecule has 0 aromatic carbocycles. The van der Waals surface area contributed by atoms with Crippen molar-refractivity contribution in [2.45, 2.75) is 137 Å². The third-order valence-corrected chi connectivity index (χ3v) is 6.11. The van der Waals surface area contributed by atoms with Crippen molar-refractivity contribution >= 4 is 0 Å². The lowest BCUT2D eigenvalue weighted by molar-refractivity contribution is 0.156. The summed E-state index contributed by atoms with van der Waals surface area (Å²) >= 11 is 0. The Kier molecular flexibility index (Phi) is 18.3. The standard InChI is InChI=1S/C25H53N/c1-7-10-12-16-19-24(6)26(22-25(9-3)20-11-8-2)21-17-14-13-15-18-23(4)5/h23-25H,7-22H2,1-6H3. The van der Waals surface area contributed by atoms with Gasteiger partial charge in [-0.05, 0) is 44.6 Å². The van der Waals surface area contributed by atoms with Crippen molar-refractivity contribution in [2.24, 2.45) is 11.8 Å². The number of nitrogens with zero attached hydrogens (tertiary/aromatic N) is 1. The Morgan fingerprint density at radius 1 is 0.615 bits per heavy atom. The SMILES string of the molecule is CCCCCCC(C)N(CCCCCCC(C)C)CC(CC)CCCC. The molecule has 0 amide bonds. The van der Waals surface area contributed by atoms with Gasteiger partial charge in [0.1, 0.15) is 0 Å². The Labute approximate surface area is 167 Å². The molecule has 0 N–H and O–H groups in total. The first kappa shape index (κ1) is 26.0. The number of hydrogen-bond donors (Lipinski definition) is 0. The van der Waals surface area contributed by atoms with E-state index in [0.717, 1.165) is 17.9 Å². The van der Waals surface area contributed by atoms with Crippen LogP contribution >= 0.6 is 0 Å². The quantitative estimate of drug-likeness (QED) is 0.207. The van der Waals surface area contributed by atoms with Crippen LogP contribution in [0.2, 0.25) is 0 Å². The van der Waals surface area contributed by atoms with Crippen LogP contribution in [0.15, 0.2) is 0 Å². The van der Waals surface area contributed by atoms with E-state index in [1.54, 1.807) is 0 Å². The zero-order valence-electron chi connectivity index (χ0n) is 19.5. The van der Waals surface area contributed by atoms with Crippen LogP contribution < -0.4 is 0 Å². The molecule has 0 aliphatic carbocycles. The molecule has 1 heteroatoms. The highest BCUT2D eigenvalue weighted by atomic mass is 15.1. The molecule has 0 aromatic rings. The summed E-state index contributed by atoms with van der Waals surface area (Å²) in [5, 5.41) is 0. The molecule has 0 bridgehead atoms. The van der Waals surface area contributed by atoms with Crippen LogP contribution in [-0.4, -0.2) is 24.0 Å². The Balaban J connectivity index is 4.32. The lowest BCUT2D eigenvalue weighted by Gasteiger charge is -2.33. The van der Waals surface area contributed by atoms with E-state index in [1.165, 1.54) is 103 Å². The molecule has 0 fully saturated rings. The van der Waals surface area contributed by atoms with E-state index in [4.69, 9.17) is 0 Å². The zero-order chi connectivity index (χ0) is 19.6. The molecule has 158 valence electrons. The van der Waals surface area contributed by atoms with Gasteiger partial charge in [0.15, 0.2) is 0 Å². The van der Waals surface area contributed by atoms with Crippen LogP contribution in [0.25, 0.3) is 0 Å². The summed E-state index contributed by atoms with van der Waals surface area (Å²) in [5.74, 6) is 1.78. The molecule has 0 aromatic heterocycles. The third-order valence-electron chi connectivity index (χ3n) is 6.11. The van der Waals surface area contributed by atoms with Gasteiger partial charge >= 0.3 is 0 Å². The van der Waals surface area contributed by atoms with Crippen molar-refractivity contribution in [1.29, 1.82) is 0 Å². The summed E-state index contributed by atoms with van der Waals surface area (Å²) in [6, 6.07) is 0.776. The van der Waals surface area contributed by atoms with Gasteiger partial charge in [0.2, 0.25) is 0 Å². The van der Waals surface area contributed by atoms with Gasteiger partial charge < -0.3 is 4.90 Å². The van der Waals surface area contributed by atoms with Crippen molar-refractivity contribution in [2.75, 3.05) is 13.1 Å². The van der Waals surface area contributed by atoms with Crippen molar-refractivity contribution < 1.29 is 0 Å². The van der Waals surface area contributed by atoms with Crippen molar-refractivity contribution in [3.8, 4) is 0 Å². The molecule has 1 nitrogen and oxygen atoms in total. The summed E-state index contributed by atoms with van der Waals surface area (Å²) < 4.78 is 0. The third kappa shape index (κ3) is 15.1. The Morgan fingerprint density at radius 3 is 1.85 bits per heavy atom. The Morgan fingerprint density at radius 2 is 1.23 bits per heavy atom. The van der Waals surface area contributed by atoms with E-state index in [1.807, 2.05) is 0 Å². The second kappa shape index (κ2) is 18.3. The summed E-state index contributed by atoms with van der Waals surface area (Å²) in [6.45, 7) is 16.9. The minimum atomic E-state index is 0.776. The highest BCUT2D eigenvalue weighted by molar-refractivity contribution is 4.72.